The Labute approximate surface area is 320 Å². The highest BCUT2D eigenvalue weighted by atomic mass is 16.2. The van der Waals surface area contributed by atoms with Gasteiger partial charge < -0.3 is 40.4 Å². The Bertz CT molecular complexity index is 2190. The Morgan fingerprint density at radius 2 is 1.15 bits per heavy atom. The third kappa shape index (κ3) is 8.25. The van der Waals surface area contributed by atoms with Crippen LogP contribution < -0.4 is 40.4 Å². The van der Waals surface area contributed by atoms with Crippen LogP contribution in [-0.2, 0) is 35.8 Å². The van der Waals surface area contributed by atoms with Crippen LogP contribution in [0.5, 0.6) is 0 Å². The number of hydrogen-bond donors (Lipinski definition) is 3. The van der Waals surface area contributed by atoms with E-state index < -0.39 is 0 Å². The van der Waals surface area contributed by atoms with Gasteiger partial charge in [0.15, 0.2) is 11.6 Å². The van der Waals surface area contributed by atoms with E-state index in [0.29, 0.717) is 66.6 Å². The van der Waals surface area contributed by atoms with Crippen LogP contribution in [0.3, 0.4) is 0 Å². The Balaban J connectivity index is 0.916. The predicted molar refractivity (Wildman–Crippen MR) is 215 cm³/mol. The lowest BCUT2D eigenvalue weighted by Crippen LogP contribution is -2.44. The van der Waals surface area contributed by atoms with Crippen LogP contribution in [0.1, 0.15) is 32.6 Å². The molecule has 0 saturated carbocycles. The third-order valence-corrected chi connectivity index (χ3v) is 9.75. The molecule has 0 atom stereocenters. The van der Waals surface area contributed by atoms with Crippen molar-refractivity contribution in [2.24, 2.45) is 0 Å². The molecule has 2 aromatic heterocycles. The molecule has 0 fully saturated rings. The van der Waals surface area contributed by atoms with Gasteiger partial charge in [-0.3, -0.25) is 14.4 Å². The van der Waals surface area contributed by atoms with Crippen molar-refractivity contribution in [1.29, 1.82) is 0 Å². The molecule has 55 heavy (non-hydrogen) atoms. The van der Waals surface area contributed by atoms with E-state index in [9.17, 15) is 14.4 Å². The summed E-state index contributed by atoms with van der Waals surface area (Å²) in [5.74, 6) is 2.10. The zero-order chi connectivity index (χ0) is 38.6. The number of fused-ring (bicyclic) bond motifs is 2. The molecule has 3 aromatic carbocycles. The topological polar surface area (TPSA) is 155 Å². The molecule has 282 valence electrons. The number of hydrogen-bond acceptors (Lipinski definition) is 12. The first-order chi connectivity index (χ1) is 26.5. The second-order valence-electron chi connectivity index (χ2n) is 13.9. The van der Waals surface area contributed by atoms with Crippen LogP contribution in [-0.4, -0.2) is 86.0 Å². The summed E-state index contributed by atoms with van der Waals surface area (Å²) >= 11 is 0. The number of amides is 3. The highest BCUT2D eigenvalue weighted by molar-refractivity contribution is 6.02. The number of nitrogens with one attached hydrogen (secondary N) is 3. The van der Waals surface area contributed by atoms with E-state index in [1.165, 1.54) is 0 Å². The van der Waals surface area contributed by atoms with Crippen LogP contribution in [0, 0.1) is 0 Å². The first-order valence-electron chi connectivity index (χ1n) is 17.9. The lowest BCUT2D eigenvalue weighted by Gasteiger charge is -2.34. The van der Waals surface area contributed by atoms with E-state index in [1.54, 1.807) is 53.3 Å². The molecule has 15 heteroatoms. The smallest absolute Gasteiger partial charge is 0.251 e. The maximum Gasteiger partial charge on any atom is 0.251 e. The molecule has 7 rings (SSSR count). The van der Waals surface area contributed by atoms with Gasteiger partial charge in [0.2, 0.25) is 23.7 Å². The molecule has 3 N–H and O–H groups in total. The Morgan fingerprint density at radius 3 is 1.75 bits per heavy atom. The fraction of sp³-hybridized carbons (Fsp3) is 0.275. The minimum absolute atomic E-state index is 0.0117. The normalized spacial score (nSPS) is 13.7. The van der Waals surface area contributed by atoms with Gasteiger partial charge in [-0.25, -0.2) is 9.97 Å². The zero-order valence-electron chi connectivity index (χ0n) is 31.6. The van der Waals surface area contributed by atoms with Crippen molar-refractivity contribution in [2.75, 3.05) is 83.5 Å². The highest BCUT2D eigenvalue weighted by Crippen LogP contribution is 2.33. The van der Waals surface area contributed by atoms with Crippen LogP contribution in [0.4, 0.5) is 40.6 Å². The number of likely N-dealkylation sites (N-methyl/N-ethyl adjacent to an activating group) is 3. The number of nitrogens with zero attached hydrogens (tertiary/aromatic N) is 9. The molecular formula is C40H44N12O3. The number of rotatable bonds is 12. The summed E-state index contributed by atoms with van der Waals surface area (Å²) in [6.45, 7) is 2.33. The van der Waals surface area contributed by atoms with Crippen molar-refractivity contribution in [3.05, 3.63) is 113 Å². The Kier molecular flexibility index (Phi) is 10.4. The molecular weight excluding hydrogens is 697 g/mol. The summed E-state index contributed by atoms with van der Waals surface area (Å²) < 4.78 is 0. The molecule has 15 nitrogen and oxygen atoms in total. The standard InChI is InChI=1S/C40H44N12O3/c1-48(2)31-16-12-28(13-17-31)20-43-40-45-22-33-37(47-40)52(25-35(54)51(33)5)23-29-8-6-26(7-9-29)18-41-38(55)30-14-10-27(11-15-30)19-42-39-44-21-32-36(46-39)49(3)24-34(53)50(32)4/h6-17,21-22H,18-20,23-25H2,1-5H3,(H,41,55)(H,42,44,46)(H,43,45,47). The zero-order valence-corrected chi connectivity index (χ0v) is 31.6. The lowest BCUT2D eigenvalue weighted by molar-refractivity contribution is -0.118. The third-order valence-electron chi connectivity index (χ3n) is 9.75. The van der Waals surface area contributed by atoms with E-state index in [-0.39, 0.29) is 30.8 Å². The number of benzene rings is 3. The van der Waals surface area contributed by atoms with E-state index in [0.717, 1.165) is 27.9 Å². The number of carbonyl (C=O) groups excluding carboxylic acids is 3. The molecule has 0 spiro atoms. The molecule has 0 aliphatic carbocycles. The van der Waals surface area contributed by atoms with Crippen LogP contribution >= 0.6 is 0 Å². The van der Waals surface area contributed by atoms with Crippen molar-refractivity contribution < 1.29 is 14.4 Å². The largest absolute Gasteiger partial charge is 0.378 e. The van der Waals surface area contributed by atoms with Crippen LogP contribution in [0.2, 0.25) is 0 Å². The summed E-state index contributed by atoms with van der Waals surface area (Å²) in [6, 6.07) is 23.6. The maximum absolute atomic E-state index is 13.0. The van der Waals surface area contributed by atoms with Gasteiger partial charge in [-0.15, -0.1) is 0 Å². The Morgan fingerprint density at radius 1 is 0.655 bits per heavy atom. The van der Waals surface area contributed by atoms with Gasteiger partial charge in [-0.2, -0.15) is 9.97 Å². The van der Waals surface area contributed by atoms with E-state index in [4.69, 9.17) is 4.98 Å². The van der Waals surface area contributed by atoms with Crippen molar-refractivity contribution in [3.63, 3.8) is 0 Å². The summed E-state index contributed by atoms with van der Waals surface area (Å²) in [6.07, 6.45) is 3.33. The van der Waals surface area contributed by atoms with Gasteiger partial charge in [0.05, 0.1) is 25.5 Å². The molecule has 2 aliphatic heterocycles. The molecule has 0 unspecified atom stereocenters. The molecule has 3 amide bonds. The minimum Gasteiger partial charge on any atom is -0.378 e. The van der Waals surface area contributed by atoms with Crippen LogP contribution in [0.25, 0.3) is 0 Å². The van der Waals surface area contributed by atoms with Gasteiger partial charge >= 0.3 is 0 Å². The average Bonchev–Trinajstić information content (AvgIpc) is 3.20. The quantitative estimate of drug-likeness (QED) is 0.170. The van der Waals surface area contributed by atoms with Gasteiger partial charge in [0.25, 0.3) is 5.91 Å². The average molecular weight is 741 g/mol. The summed E-state index contributed by atoms with van der Waals surface area (Å²) in [4.78, 5) is 65.2. The highest BCUT2D eigenvalue weighted by Gasteiger charge is 2.29. The summed E-state index contributed by atoms with van der Waals surface area (Å²) in [5.41, 5.74) is 7.03. The van der Waals surface area contributed by atoms with Gasteiger partial charge in [0.1, 0.15) is 11.4 Å². The van der Waals surface area contributed by atoms with Gasteiger partial charge in [-0.1, -0.05) is 48.5 Å². The van der Waals surface area contributed by atoms with Crippen molar-refractivity contribution >= 4 is 58.3 Å². The SMILES string of the molecule is CN(C)c1ccc(CNc2ncc3c(n2)N(Cc2ccc(CNC(=O)c4ccc(CNc5ncc6c(n5)N(C)CC(=O)N6C)cc4)cc2)CC(=O)N3C)cc1. The van der Waals surface area contributed by atoms with Crippen molar-refractivity contribution in [1.82, 2.24) is 25.3 Å². The molecule has 2 aliphatic rings. The van der Waals surface area contributed by atoms with Crippen LogP contribution in [0.15, 0.2) is 85.2 Å². The number of carbonyl (C=O) groups is 3. The molecule has 0 radical (unpaired) electrons. The van der Waals surface area contributed by atoms with Gasteiger partial charge in [0, 0.05) is 72.7 Å². The first-order valence-corrected chi connectivity index (χ1v) is 17.9. The fourth-order valence-electron chi connectivity index (χ4n) is 6.33. The summed E-state index contributed by atoms with van der Waals surface area (Å²) in [7, 11) is 9.31. The van der Waals surface area contributed by atoms with Crippen molar-refractivity contribution in [2.45, 2.75) is 26.2 Å². The molecule has 0 bridgehead atoms. The van der Waals surface area contributed by atoms with E-state index in [2.05, 4.69) is 60.1 Å². The summed E-state index contributed by atoms with van der Waals surface area (Å²) in [5, 5.41) is 9.55. The predicted octanol–water partition coefficient (Wildman–Crippen LogP) is 3.88. The molecule has 4 heterocycles. The minimum atomic E-state index is -0.175. The number of anilines is 7. The van der Waals surface area contributed by atoms with E-state index in [1.807, 2.05) is 62.4 Å². The first kappa shape index (κ1) is 36.6. The molecule has 5 aromatic rings. The Hall–Kier alpha value is -6.77. The second kappa shape index (κ2) is 15.7. The number of aromatic nitrogens is 4. The van der Waals surface area contributed by atoms with Gasteiger partial charge in [-0.05, 0) is 46.5 Å². The fourth-order valence-corrected chi connectivity index (χ4v) is 6.33. The maximum atomic E-state index is 13.0. The monoisotopic (exact) mass is 740 g/mol. The molecule has 0 saturated heterocycles. The van der Waals surface area contributed by atoms with E-state index >= 15 is 0 Å². The van der Waals surface area contributed by atoms with Crippen molar-refractivity contribution in [3.8, 4) is 0 Å². The lowest BCUT2D eigenvalue weighted by atomic mass is 10.1. The second-order valence-corrected chi connectivity index (χ2v) is 13.9.